The molecule has 0 N–H and O–H groups in total. The maximum Gasteiger partial charge on any atom is 0.239 e. The van der Waals surface area contributed by atoms with E-state index in [0.29, 0.717) is 5.69 Å². The first-order valence-electron chi connectivity index (χ1n) is 10.9. The molecule has 2 bridgehead atoms. The van der Waals surface area contributed by atoms with Crippen LogP contribution in [0.1, 0.15) is 28.2 Å². The zero-order valence-electron chi connectivity index (χ0n) is 18.2. The van der Waals surface area contributed by atoms with Crippen molar-refractivity contribution in [2.75, 3.05) is 19.1 Å². The molecule has 1 saturated heterocycles. The highest BCUT2D eigenvalue weighted by atomic mass is 79.9. The van der Waals surface area contributed by atoms with E-state index >= 15 is 0 Å². The quantitative estimate of drug-likeness (QED) is 0.385. The van der Waals surface area contributed by atoms with Crippen LogP contribution in [-0.2, 0) is 24.5 Å². The van der Waals surface area contributed by atoms with E-state index in [9.17, 15) is 9.59 Å². The second kappa shape index (κ2) is 7.35. The van der Waals surface area contributed by atoms with Gasteiger partial charge in [0.05, 0.1) is 22.9 Å². The number of ether oxygens (including phenoxy) is 2. The monoisotopic (exact) mass is 503 g/mol. The molecular weight excluding hydrogens is 482 g/mol. The van der Waals surface area contributed by atoms with Crippen molar-refractivity contribution < 1.29 is 19.1 Å². The number of amides is 2. The van der Waals surface area contributed by atoms with Gasteiger partial charge in [0.25, 0.3) is 0 Å². The zero-order valence-corrected chi connectivity index (χ0v) is 19.8. The molecule has 0 unspecified atom stereocenters. The molecule has 0 radical (unpaired) electrons. The lowest BCUT2D eigenvalue weighted by Crippen LogP contribution is -2.60. The Hall–Kier alpha value is -2.80. The van der Waals surface area contributed by atoms with E-state index in [1.807, 2.05) is 42.5 Å². The maximum atomic E-state index is 14.2. The molecular formula is C27H22BrNO4. The van der Waals surface area contributed by atoms with E-state index in [4.69, 9.17) is 9.47 Å². The Morgan fingerprint density at radius 3 is 2.03 bits per heavy atom. The minimum absolute atomic E-state index is 0.174. The second-order valence-corrected chi connectivity index (χ2v) is 9.74. The third kappa shape index (κ3) is 2.49. The molecule has 1 heterocycles. The normalized spacial score (nSPS) is 27.0. The van der Waals surface area contributed by atoms with Crippen LogP contribution >= 0.6 is 15.9 Å². The molecule has 7 rings (SSSR count). The van der Waals surface area contributed by atoms with Crippen molar-refractivity contribution in [2.45, 2.75) is 17.6 Å². The molecule has 0 saturated carbocycles. The number of benzene rings is 3. The molecule has 2 atom stereocenters. The SMILES string of the molecule is COC(OC)C12c3ccccc3C(c3ccccc31)[C@@H]1C(=O)N(c3cccc(Br)c3)C(=O)[C@@H]12. The van der Waals surface area contributed by atoms with Crippen LogP contribution in [0.5, 0.6) is 0 Å². The van der Waals surface area contributed by atoms with Crippen LogP contribution < -0.4 is 4.90 Å². The molecule has 5 nitrogen and oxygen atoms in total. The number of anilines is 1. The third-order valence-corrected chi connectivity index (χ3v) is 8.04. The van der Waals surface area contributed by atoms with Crippen molar-refractivity contribution in [3.63, 3.8) is 0 Å². The highest BCUT2D eigenvalue weighted by Gasteiger charge is 2.71. The molecule has 3 aromatic rings. The van der Waals surface area contributed by atoms with Gasteiger partial charge in [-0.1, -0.05) is 70.5 Å². The van der Waals surface area contributed by atoms with E-state index in [0.717, 1.165) is 26.7 Å². The maximum absolute atomic E-state index is 14.2. The molecule has 1 fully saturated rings. The summed E-state index contributed by atoms with van der Waals surface area (Å²) in [7, 11) is 3.19. The standard InChI is InChI=1S/C27H22BrNO4/c1-32-26(33-2)27-19-12-5-3-10-17(19)21(18-11-4-6-13-20(18)27)22-23(27)25(31)29(24(22)30)16-9-7-8-15(28)14-16/h3-14,21-23,26H,1-2H3/t21?,22-,23+,27?/m0/s1. The number of imide groups is 1. The Morgan fingerprint density at radius 2 is 1.45 bits per heavy atom. The van der Waals surface area contributed by atoms with E-state index in [2.05, 4.69) is 40.2 Å². The minimum atomic E-state index is -0.941. The summed E-state index contributed by atoms with van der Waals surface area (Å²) < 4.78 is 12.6. The van der Waals surface area contributed by atoms with E-state index < -0.39 is 23.5 Å². The average Bonchev–Trinajstić information content (AvgIpc) is 3.11. The van der Waals surface area contributed by atoms with Gasteiger partial charge < -0.3 is 9.47 Å². The van der Waals surface area contributed by atoms with Gasteiger partial charge in [-0.25, -0.2) is 4.90 Å². The van der Waals surface area contributed by atoms with Crippen LogP contribution in [0.3, 0.4) is 0 Å². The molecule has 6 heteroatoms. The number of carbonyl (C=O) groups is 2. The zero-order chi connectivity index (χ0) is 22.9. The third-order valence-electron chi connectivity index (χ3n) is 7.55. The summed E-state index contributed by atoms with van der Waals surface area (Å²) in [5.41, 5.74) is 3.76. The number of nitrogens with zero attached hydrogens (tertiary/aromatic N) is 1. The molecule has 0 spiro atoms. The van der Waals surface area contributed by atoms with Gasteiger partial charge >= 0.3 is 0 Å². The molecule has 3 aliphatic carbocycles. The number of hydrogen-bond acceptors (Lipinski definition) is 4. The highest BCUT2D eigenvalue weighted by Crippen LogP contribution is 2.65. The Kier molecular flexibility index (Phi) is 4.63. The van der Waals surface area contributed by atoms with Crippen LogP contribution in [-0.4, -0.2) is 32.3 Å². The van der Waals surface area contributed by atoms with Crippen LogP contribution in [0.15, 0.2) is 77.3 Å². The molecule has 3 aromatic carbocycles. The molecule has 2 amide bonds. The first-order valence-corrected chi connectivity index (χ1v) is 11.7. The van der Waals surface area contributed by atoms with Crippen LogP contribution in [0, 0.1) is 11.8 Å². The summed E-state index contributed by atoms with van der Waals surface area (Å²) >= 11 is 3.48. The Bertz CT molecular complexity index is 1250. The summed E-state index contributed by atoms with van der Waals surface area (Å²) in [5, 5.41) is 0. The second-order valence-electron chi connectivity index (χ2n) is 8.82. The molecule has 1 aliphatic heterocycles. The van der Waals surface area contributed by atoms with Gasteiger partial charge in [-0.15, -0.1) is 0 Å². The number of rotatable bonds is 4. The number of hydrogen-bond donors (Lipinski definition) is 0. The lowest BCUT2D eigenvalue weighted by atomic mass is 9.47. The largest absolute Gasteiger partial charge is 0.355 e. The Balaban J connectivity index is 1.68. The molecule has 0 aromatic heterocycles. The first kappa shape index (κ1) is 20.8. The number of carbonyl (C=O) groups excluding carboxylic acids is 2. The summed E-state index contributed by atoms with van der Waals surface area (Å²) in [4.78, 5) is 29.6. The van der Waals surface area contributed by atoms with Crippen molar-refractivity contribution in [3.05, 3.63) is 99.5 Å². The van der Waals surface area contributed by atoms with Crippen molar-refractivity contribution in [3.8, 4) is 0 Å². The molecule has 33 heavy (non-hydrogen) atoms. The van der Waals surface area contributed by atoms with Gasteiger partial charge in [0.1, 0.15) is 0 Å². The van der Waals surface area contributed by atoms with Crippen molar-refractivity contribution in [1.29, 1.82) is 0 Å². The van der Waals surface area contributed by atoms with E-state index in [1.54, 1.807) is 20.3 Å². The fraction of sp³-hybridized carbons (Fsp3) is 0.259. The molecule has 4 aliphatic rings. The predicted molar refractivity (Wildman–Crippen MR) is 127 cm³/mol. The topological polar surface area (TPSA) is 55.8 Å². The van der Waals surface area contributed by atoms with Crippen molar-refractivity contribution in [1.82, 2.24) is 0 Å². The van der Waals surface area contributed by atoms with Crippen LogP contribution in [0.4, 0.5) is 5.69 Å². The fourth-order valence-electron chi connectivity index (χ4n) is 6.57. The first-order chi connectivity index (χ1) is 16.1. The number of methoxy groups -OCH3 is 2. The van der Waals surface area contributed by atoms with Gasteiger partial charge in [-0.2, -0.15) is 0 Å². The Labute approximate surface area is 200 Å². The average molecular weight is 504 g/mol. The summed E-state index contributed by atoms with van der Waals surface area (Å²) in [6.07, 6.45) is -0.743. The van der Waals surface area contributed by atoms with Crippen LogP contribution in [0.25, 0.3) is 0 Å². The Morgan fingerprint density at radius 1 is 0.848 bits per heavy atom. The van der Waals surface area contributed by atoms with Crippen molar-refractivity contribution in [2.24, 2.45) is 11.8 Å². The summed E-state index contributed by atoms with van der Waals surface area (Å²) in [6.45, 7) is 0. The van der Waals surface area contributed by atoms with Gasteiger partial charge in [0.2, 0.25) is 11.8 Å². The van der Waals surface area contributed by atoms with Crippen molar-refractivity contribution >= 4 is 33.4 Å². The predicted octanol–water partition coefficient (Wildman–Crippen LogP) is 4.62. The fourth-order valence-corrected chi connectivity index (χ4v) is 6.96. The number of halogens is 1. The lowest BCUT2D eigenvalue weighted by molar-refractivity contribution is -0.168. The molecule has 166 valence electrons. The highest BCUT2D eigenvalue weighted by molar-refractivity contribution is 9.10. The van der Waals surface area contributed by atoms with Gasteiger partial charge in [-0.05, 0) is 40.5 Å². The van der Waals surface area contributed by atoms with Gasteiger partial charge in [0.15, 0.2) is 6.29 Å². The minimum Gasteiger partial charge on any atom is -0.355 e. The van der Waals surface area contributed by atoms with E-state index in [-0.39, 0.29) is 17.7 Å². The van der Waals surface area contributed by atoms with Crippen LogP contribution in [0.2, 0.25) is 0 Å². The summed E-state index contributed by atoms with van der Waals surface area (Å²) in [6, 6.07) is 23.5. The van der Waals surface area contributed by atoms with E-state index in [1.165, 1.54) is 4.90 Å². The smallest absolute Gasteiger partial charge is 0.239 e. The summed E-state index contributed by atoms with van der Waals surface area (Å²) in [5.74, 6) is -1.76. The van der Waals surface area contributed by atoms with Gasteiger partial charge in [-0.3, -0.25) is 9.59 Å². The van der Waals surface area contributed by atoms with Gasteiger partial charge in [0, 0.05) is 24.6 Å². The lowest BCUT2D eigenvalue weighted by Gasteiger charge is -2.56.